The molecule has 1 atom stereocenters. The van der Waals surface area contributed by atoms with E-state index >= 15 is 0 Å². The first-order chi connectivity index (χ1) is 16.1. The molecule has 6 rings (SSSR count). The molecule has 2 N–H and O–H groups in total. The van der Waals surface area contributed by atoms with Gasteiger partial charge in [0.25, 0.3) is 5.91 Å². The minimum atomic E-state index is -0.211. The number of aryl methyl sites for hydroxylation is 1. The lowest BCUT2D eigenvalue weighted by Gasteiger charge is -2.46. The highest BCUT2D eigenvalue weighted by Crippen LogP contribution is 2.44. The normalized spacial score (nSPS) is 17.0. The third-order valence-electron chi connectivity index (χ3n) is 6.72. The van der Waals surface area contributed by atoms with Crippen molar-refractivity contribution in [3.05, 3.63) is 77.7 Å². The number of nitrogens with one attached hydrogen (secondary N) is 2. The molecule has 0 fully saturated rings. The number of carbonyl (C=O) groups is 2. The average molecular weight is 441 g/mol. The van der Waals surface area contributed by atoms with Crippen molar-refractivity contribution < 1.29 is 9.59 Å². The second-order valence-electron chi connectivity index (χ2n) is 8.52. The summed E-state index contributed by atoms with van der Waals surface area (Å²) in [6.45, 7) is 1.18. The van der Waals surface area contributed by atoms with Crippen molar-refractivity contribution in [2.45, 2.75) is 25.6 Å². The summed E-state index contributed by atoms with van der Waals surface area (Å²) >= 11 is 0. The molecular formula is C25H24N6O2. The Morgan fingerprint density at radius 2 is 2.00 bits per heavy atom. The Labute approximate surface area is 190 Å². The van der Waals surface area contributed by atoms with Crippen molar-refractivity contribution in [1.29, 1.82) is 0 Å². The van der Waals surface area contributed by atoms with E-state index in [1.165, 1.54) is 10.9 Å². The fraction of sp³-hybridized carbons (Fsp3) is 0.240. The molecule has 2 aliphatic heterocycles. The van der Waals surface area contributed by atoms with Gasteiger partial charge in [-0.05, 0) is 30.2 Å². The first-order valence-electron chi connectivity index (χ1n) is 11.2. The van der Waals surface area contributed by atoms with Gasteiger partial charge in [-0.1, -0.05) is 30.3 Å². The number of nitrogens with zero attached hydrogens (tertiary/aromatic N) is 4. The van der Waals surface area contributed by atoms with Crippen LogP contribution in [0.2, 0.25) is 0 Å². The Hall–Kier alpha value is -4.07. The van der Waals surface area contributed by atoms with E-state index in [-0.39, 0.29) is 18.0 Å². The standard InChI is InChI=1S/C25H24N6O2/c1-29-19-8-4-3-7-18(19)24(33)31-14-10-17-16-6-2-5-9-20(16)30(22(17)23(29)31)15-11-21(32)28-25-26-12-13-27-25/h2-9,12-13,23H,10-11,14-15H2,1H3,(H2,26,27,28,32). The number of hydrogen-bond acceptors (Lipinski definition) is 4. The quantitative estimate of drug-likeness (QED) is 0.508. The molecule has 166 valence electrons. The Morgan fingerprint density at radius 1 is 1.18 bits per heavy atom. The number of aromatic amines is 1. The van der Waals surface area contributed by atoms with Gasteiger partial charge < -0.3 is 19.4 Å². The fourth-order valence-corrected chi connectivity index (χ4v) is 5.29. The lowest BCUT2D eigenvalue weighted by Crippen LogP contribution is -2.51. The Bertz CT molecular complexity index is 1370. The molecule has 0 radical (unpaired) electrons. The number of amides is 2. The van der Waals surface area contributed by atoms with Crippen LogP contribution in [0, 0.1) is 0 Å². The van der Waals surface area contributed by atoms with Crippen LogP contribution in [0.5, 0.6) is 0 Å². The van der Waals surface area contributed by atoms with E-state index in [2.05, 4.69) is 36.9 Å². The largest absolute Gasteiger partial charge is 0.349 e. The highest BCUT2D eigenvalue weighted by Gasteiger charge is 2.42. The summed E-state index contributed by atoms with van der Waals surface area (Å²) in [5, 5.41) is 4.00. The molecule has 0 saturated heterocycles. The lowest BCUT2D eigenvalue weighted by atomic mass is 9.96. The number of H-pyrrole nitrogens is 1. The number of benzene rings is 2. The van der Waals surface area contributed by atoms with Crippen LogP contribution in [0.3, 0.4) is 0 Å². The number of fused-ring (bicyclic) bond motifs is 6. The lowest BCUT2D eigenvalue weighted by molar-refractivity contribution is -0.116. The highest BCUT2D eigenvalue weighted by atomic mass is 16.2. The van der Waals surface area contributed by atoms with Crippen LogP contribution in [0.15, 0.2) is 60.9 Å². The van der Waals surface area contributed by atoms with Crippen LogP contribution in [0.1, 0.15) is 34.2 Å². The molecule has 4 aromatic rings. The van der Waals surface area contributed by atoms with Gasteiger partial charge in [0.1, 0.15) is 6.17 Å². The van der Waals surface area contributed by atoms with Crippen LogP contribution in [-0.4, -0.2) is 44.8 Å². The van der Waals surface area contributed by atoms with Gasteiger partial charge in [0, 0.05) is 49.9 Å². The summed E-state index contributed by atoms with van der Waals surface area (Å²) in [7, 11) is 2.05. The second-order valence-corrected chi connectivity index (χ2v) is 8.52. The molecule has 4 heterocycles. The summed E-state index contributed by atoms with van der Waals surface area (Å²) < 4.78 is 2.22. The molecule has 0 saturated carbocycles. The van der Waals surface area contributed by atoms with Gasteiger partial charge in [-0.3, -0.25) is 14.9 Å². The van der Waals surface area contributed by atoms with Gasteiger partial charge in [-0.2, -0.15) is 0 Å². The number of hydrogen-bond donors (Lipinski definition) is 2. The molecular weight excluding hydrogens is 416 g/mol. The molecule has 0 bridgehead atoms. The monoisotopic (exact) mass is 440 g/mol. The minimum absolute atomic E-state index is 0.0618. The van der Waals surface area contributed by atoms with Crippen LogP contribution in [0.25, 0.3) is 10.9 Å². The maximum absolute atomic E-state index is 13.4. The van der Waals surface area contributed by atoms with Crippen LogP contribution < -0.4 is 10.2 Å². The van der Waals surface area contributed by atoms with E-state index in [1.807, 2.05) is 48.3 Å². The third-order valence-corrected chi connectivity index (χ3v) is 6.72. The zero-order valence-electron chi connectivity index (χ0n) is 18.3. The molecule has 2 amide bonds. The maximum atomic E-state index is 13.4. The van der Waals surface area contributed by atoms with E-state index in [9.17, 15) is 9.59 Å². The van der Waals surface area contributed by atoms with E-state index in [4.69, 9.17) is 0 Å². The topological polar surface area (TPSA) is 86.3 Å². The van der Waals surface area contributed by atoms with E-state index < -0.39 is 0 Å². The summed E-state index contributed by atoms with van der Waals surface area (Å²) in [5.41, 5.74) is 5.12. The molecule has 8 heteroatoms. The van der Waals surface area contributed by atoms with Gasteiger partial charge in [0.15, 0.2) is 0 Å². The smallest absolute Gasteiger partial charge is 0.257 e. The number of carbonyl (C=O) groups excluding carboxylic acids is 2. The van der Waals surface area contributed by atoms with Crippen molar-refractivity contribution in [3.8, 4) is 0 Å². The molecule has 33 heavy (non-hydrogen) atoms. The Morgan fingerprint density at radius 3 is 2.85 bits per heavy atom. The van der Waals surface area contributed by atoms with Gasteiger partial charge >= 0.3 is 0 Å². The third kappa shape index (κ3) is 3.01. The van der Waals surface area contributed by atoms with Gasteiger partial charge in [0.2, 0.25) is 11.9 Å². The molecule has 2 aromatic heterocycles. The minimum Gasteiger partial charge on any atom is -0.349 e. The second kappa shape index (κ2) is 7.51. The predicted octanol–water partition coefficient (Wildman–Crippen LogP) is 3.54. The fourth-order valence-electron chi connectivity index (χ4n) is 5.29. The maximum Gasteiger partial charge on any atom is 0.257 e. The molecule has 0 spiro atoms. The SMILES string of the molecule is CN1c2ccccc2C(=O)N2CCc3c(n(CCC(=O)Nc4ncc[nH]4)c4ccccc34)C21. The van der Waals surface area contributed by atoms with E-state index in [0.29, 0.717) is 25.5 Å². The Kier molecular flexibility index (Phi) is 4.46. The van der Waals surface area contributed by atoms with Gasteiger partial charge in [0.05, 0.1) is 16.9 Å². The molecule has 1 unspecified atom stereocenters. The number of aromatic nitrogens is 3. The molecule has 2 aromatic carbocycles. The van der Waals surface area contributed by atoms with Gasteiger partial charge in [-0.25, -0.2) is 4.98 Å². The summed E-state index contributed by atoms with van der Waals surface area (Å²) in [6, 6.07) is 16.1. The van der Waals surface area contributed by atoms with Crippen molar-refractivity contribution in [2.24, 2.45) is 0 Å². The zero-order valence-corrected chi connectivity index (χ0v) is 18.3. The van der Waals surface area contributed by atoms with E-state index in [0.717, 1.165) is 28.9 Å². The number of para-hydroxylation sites is 2. The van der Waals surface area contributed by atoms with Crippen molar-refractivity contribution in [2.75, 3.05) is 23.8 Å². The Balaban J connectivity index is 1.42. The number of rotatable bonds is 4. The van der Waals surface area contributed by atoms with Gasteiger partial charge in [-0.15, -0.1) is 0 Å². The number of imidazole rings is 1. The summed E-state index contributed by atoms with van der Waals surface area (Å²) in [4.78, 5) is 37.1. The molecule has 0 aliphatic carbocycles. The number of anilines is 2. The summed E-state index contributed by atoms with van der Waals surface area (Å²) in [6.07, 6.45) is 4.16. The summed E-state index contributed by atoms with van der Waals surface area (Å²) in [5.74, 6) is 0.397. The first kappa shape index (κ1) is 19.6. The zero-order chi connectivity index (χ0) is 22.5. The van der Waals surface area contributed by atoms with E-state index in [1.54, 1.807) is 12.4 Å². The van der Waals surface area contributed by atoms with Crippen LogP contribution >= 0.6 is 0 Å². The molecule has 2 aliphatic rings. The van der Waals surface area contributed by atoms with Crippen LogP contribution in [-0.2, 0) is 17.8 Å². The highest BCUT2D eigenvalue weighted by molar-refractivity contribution is 6.02. The molecule has 8 nitrogen and oxygen atoms in total. The predicted molar refractivity (Wildman–Crippen MR) is 126 cm³/mol. The van der Waals surface area contributed by atoms with Crippen molar-refractivity contribution >= 4 is 34.4 Å². The van der Waals surface area contributed by atoms with Crippen LogP contribution in [0.4, 0.5) is 11.6 Å². The average Bonchev–Trinajstić information content (AvgIpc) is 3.46. The van der Waals surface area contributed by atoms with Crippen molar-refractivity contribution in [3.63, 3.8) is 0 Å². The first-order valence-corrected chi connectivity index (χ1v) is 11.2. The van der Waals surface area contributed by atoms with Crippen molar-refractivity contribution in [1.82, 2.24) is 19.4 Å².